The maximum absolute atomic E-state index is 12.9. The molecule has 5 aromatic heterocycles. The third-order valence-electron chi connectivity index (χ3n) is 13.5. The number of aromatic nitrogens is 4. The first-order chi connectivity index (χ1) is 45.0. The van der Waals surface area contributed by atoms with E-state index in [4.69, 9.17) is 8.22 Å². The molecule has 0 N–H and O–H groups in total. The van der Waals surface area contributed by atoms with Crippen LogP contribution in [0.1, 0.15) is 49.6 Å². The summed E-state index contributed by atoms with van der Waals surface area (Å²) in [6, 6.07) is -4.60. The molecule has 0 atom stereocenters. The highest BCUT2D eigenvalue weighted by Gasteiger charge is 2.35. The first-order valence-corrected chi connectivity index (χ1v) is 22.7. The smallest absolute Gasteiger partial charge is 0.237 e. The van der Waals surface area contributed by atoms with E-state index in [0.717, 1.165) is 29.4 Å². The first-order valence-electron chi connectivity index (χ1n) is 33.9. The summed E-state index contributed by atoms with van der Waals surface area (Å²) >= 11 is 1.30. The molecule has 0 unspecified atom stereocenters. The zero-order valence-electron chi connectivity index (χ0n) is 60.7. The van der Waals surface area contributed by atoms with Crippen LogP contribution in [0.2, 0.25) is 0 Å². The molecule has 15 aromatic rings. The van der Waals surface area contributed by atoms with Crippen LogP contribution < -0.4 is 0 Å². The van der Waals surface area contributed by atoms with Crippen LogP contribution in [0.15, 0.2) is 194 Å². The molecule has 0 fully saturated rings. The Hall–Kier alpha value is -9.40. The van der Waals surface area contributed by atoms with Crippen molar-refractivity contribution in [2.45, 2.75) is 13.8 Å². The standard InChI is InChI=1S/C64H38N6S/c1-37-34-48-46-32-33-47-45-24-10-17-31-57(45)71-64(47)61(46)70(56(48)35-38(37)2)63-60(68-52-27-13-6-20-41(52)42-21-7-14-28-53(42)68)49(36-65)59(67-50-25-11-4-18-39(50)40-19-5-12-26-51(40)67)58(66-3)62(63)69-54-29-15-8-22-43(54)44-23-9-16-30-55(44)69/h4-35H,1-2H3/i4D,5D,6D,7D,8D,9D,11D,12D,13D,14D,15D,16D,18D,19D,20D,21D,22D,23D,25D,26D,27D,28D,29D,30D. The minimum atomic E-state index is -0.950. The third kappa shape index (κ3) is 5.17. The summed E-state index contributed by atoms with van der Waals surface area (Å²) in [5, 5.41) is 11.9. The van der Waals surface area contributed by atoms with Crippen molar-refractivity contribution in [1.29, 1.82) is 5.26 Å². The predicted octanol–water partition coefficient (Wildman–Crippen LogP) is 17.5. The Morgan fingerprint density at radius 3 is 1.38 bits per heavy atom. The lowest BCUT2D eigenvalue weighted by Gasteiger charge is -2.27. The number of hydrogen-bond donors (Lipinski definition) is 0. The van der Waals surface area contributed by atoms with E-state index in [0.29, 0.717) is 26.4 Å². The molecular weight excluding hydrogens is 885 g/mol. The van der Waals surface area contributed by atoms with Crippen LogP contribution in [-0.2, 0) is 0 Å². The molecule has 0 bridgehead atoms. The lowest BCUT2D eigenvalue weighted by Crippen LogP contribution is -2.14. The van der Waals surface area contributed by atoms with Gasteiger partial charge in [0.05, 0.1) is 117 Å². The van der Waals surface area contributed by atoms with E-state index >= 15 is 0 Å². The summed E-state index contributed by atoms with van der Waals surface area (Å²) in [6.07, 6.45) is 0. The SMILES string of the molecule is [2H]c1c([2H])c([2H])c2c(c1[2H])c1c([2H])c([2H])c([2H])c([2H])c1n2-c1c(C#N)c(-n2c3c([2H])c([2H])c([2H])c([2H])c3c3c([2H])c([2H])c([2H])c([2H])c32)c(-n2c3cc(C)c(C)cc3c3ccc4c5ccccc5sc4c32)c(-n2c3c([2H])c([2H])c([2H])c([2H])c3c3c([2H])c([2H])c([2H])c([2H])c32)c1[N+]#[C-]. The molecule has 6 nitrogen and oxygen atoms in total. The molecule has 0 aliphatic heterocycles. The van der Waals surface area contributed by atoms with Crippen LogP contribution in [0.4, 0.5) is 5.69 Å². The van der Waals surface area contributed by atoms with E-state index in [9.17, 15) is 36.5 Å². The van der Waals surface area contributed by atoms with Crippen molar-refractivity contribution in [2.24, 2.45) is 0 Å². The van der Waals surface area contributed by atoms with Crippen molar-refractivity contribution in [2.75, 3.05) is 0 Å². The topological polar surface area (TPSA) is 47.9 Å². The summed E-state index contributed by atoms with van der Waals surface area (Å²) in [7, 11) is 0. The maximum atomic E-state index is 12.9. The van der Waals surface area contributed by atoms with Crippen molar-refractivity contribution < 1.29 is 32.9 Å². The first kappa shape index (κ1) is 22.8. The van der Waals surface area contributed by atoms with Crippen molar-refractivity contribution >= 4 is 124 Å². The van der Waals surface area contributed by atoms with Gasteiger partial charge in [0, 0.05) is 58.6 Å². The fourth-order valence-corrected chi connectivity index (χ4v) is 11.7. The highest BCUT2D eigenvalue weighted by Crippen LogP contribution is 2.53. The van der Waals surface area contributed by atoms with E-state index in [1.807, 2.05) is 49.4 Å². The second kappa shape index (κ2) is 14.6. The normalized spacial score (nSPS) is 16.8. The van der Waals surface area contributed by atoms with Gasteiger partial charge in [-0.3, -0.25) is 0 Å². The Morgan fingerprint density at radius 2 is 0.887 bits per heavy atom. The second-order valence-electron chi connectivity index (χ2n) is 16.9. The summed E-state index contributed by atoms with van der Waals surface area (Å²) in [4.78, 5) is 4.23. The Balaban J connectivity index is 1.43. The molecule has 71 heavy (non-hydrogen) atoms. The van der Waals surface area contributed by atoms with Crippen molar-refractivity contribution in [3.8, 4) is 28.8 Å². The molecular formula is C64H38N6S. The summed E-state index contributed by atoms with van der Waals surface area (Å²) in [5.74, 6) is 0. The molecule has 15 rings (SSSR count). The molecule has 0 amide bonds. The number of nitrogens with zero attached hydrogens (tertiary/aromatic N) is 6. The van der Waals surface area contributed by atoms with Crippen LogP contribution >= 0.6 is 11.3 Å². The zero-order chi connectivity index (χ0) is 68.1. The predicted molar refractivity (Wildman–Crippen MR) is 297 cm³/mol. The van der Waals surface area contributed by atoms with Gasteiger partial charge in [-0.2, -0.15) is 5.26 Å². The van der Waals surface area contributed by atoms with Gasteiger partial charge >= 0.3 is 0 Å². The fourth-order valence-electron chi connectivity index (χ4n) is 10.5. The van der Waals surface area contributed by atoms with Crippen LogP contribution in [-0.4, -0.2) is 18.3 Å². The van der Waals surface area contributed by atoms with Gasteiger partial charge in [-0.25, -0.2) is 4.85 Å². The van der Waals surface area contributed by atoms with Gasteiger partial charge in [-0.05, 0) is 79.4 Å². The van der Waals surface area contributed by atoms with Gasteiger partial charge in [-0.15, -0.1) is 11.3 Å². The molecule has 0 radical (unpaired) electrons. The summed E-state index contributed by atoms with van der Waals surface area (Å²) in [5.41, 5.74) is -6.61. The lowest BCUT2D eigenvalue weighted by atomic mass is 10.0. The number of thiophene rings is 1. The van der Waals surface area contributed by atoms with E-state index in [1.165, 1.54) is 11.3 Å². The Bertz CT molecular complexity index is 5960. The van der Waals surface area contributed by atoms with Gasteiger partial charge in [0.1, 0.15) is 6.07 Å². The third-order valence-corrected chi connectivity index (χ3v) is 14.7. The van der Waals surface area contributed by atoms with E-state index in [1.54, 1.807) is 17.6 Å². The number of benzene rings is 10. The Labute approximate surface area is 444 Å². The molecule has 330 valence electrons. The summed E-state index contributed by atoms with van der Waals surface area (Å²) < 4.78 is 233. The molecule has 0 spiro atoms. The number of rotatable bonds is 4. The molecule has 0 saturated heterocycles. The van der Waals surface area contributed by atoms with Crippen molar-refractivity contribution in [3.63, 3.8) is 0 Å². The van der Waals surface area contributed by atoms with Gasteiger partial charge in [-0.1, -0.05) is 139 Å². The highest BCUT2D eigenvalue weighted by atomic mass is 32.1. The Kier molecular flexibility index (Phi) is 4.68. The molecule has 0 aliphatic rings. The van der Waals surface area contributed by atoms with Gasteiger partial charge in [0.25, 0.3) is 0 Å². The lowest BCUT2D eigenvalue weighted by molar-refractivity contribution is 1.03. The van der Waals surface area contributed by atoms with Gasteiger partial charge < -0.3 is 18.3 Å². The summed E-state index contributed by atoms with van der Waals surface area (Å²) in [6.45, 7) is 13.5. The maximum Gasteiger partial charge on any atom is 0.237 e. The van der Waals surface area contributed by atoms with Crippen molar-refractivity contribution in [3.05, 3.63) is 222 Å². The molecule has 0 aliphatic carbocycles. The van der Waals surface area contributed by atoms with E-state index in [-0.39, 0.29) is 11.0 Å². The van der Waals surface area contributed by atoms with Crippen LogP contribution in [0, 0.1) is 31.8 Å². The second-order valence-corrected chi connectivity index (χ2v) is 18.0. The van der Waals surface area contributed by atoms with Crippen LogP contribution in [0.3, 0.4) is 0 Å². The highest BCUT2D eigenvalue weighted by molar-refractivity contribution is 7.26. The Morgan fingerprint density at radius 1 is 0.451 bits per heavy atom. The number of fused-ring (bicyclic) bond motifs is 16. The zero-order valence-corrected chi connectivity index (χ0v) is 37.5. The molecule has 5 heterocycles. The average Bonchev–Trinajstić information content (AvgIpc) is 1.54. The number of nitriles is 1. The number of para-hydroxylation sites is 6. The van der Waals surface area contributed by atoms with E-state index < -0.39 is 244 Å². The van der Waals surface area contributed by atoms with Crippen LogP contribution in [0.25, 0.3) is 135 Å². The monoisotopic (exact) mass is 946 g/mol. The quantitative estimate of drug-likeness (QED) is 0.162. The minimum absolute atomic E-state index is 0.220. The minimum Gasteiger partial charge on any atom is -0.318 e. The largest absolute Gasteiger partial charge is 0.318 e. The molecule has 7 heteroatoms. The van der Waals surface area contributed by atoms with Crippen molar-refractivity contribution in [1.82, 2.24) is 18.3 Å². The number of aryl methyl sites for hydroxylation is 2. The average molecular weight is 947 g/mol. The molecule has 0 saturated carbocycles. The van der Waals surface area contributed by atoms with Gasteiger partial charge in [0.15, 0.2) is 0 Å². The number of hydrogen-bond acceptors (Lipinski definition) is 2. The van der Waals surface area contributed by atoms with E-state index in [2.05, 4.69) is 10.9 Å². The van der Waals surface area contributed by atoms with Crippen LogP contribution in [0.5, 0.6) is 0 Å². The molecule has 10 aromatic carbocycles. The fraction of sp³-hybridized carbons (Fsp3) is 0.0312. The van der Waals surface area contributed by atoms with Gasteiger partial charge in [0.2, 0.25) is 5.69 Å².